The standard InChI is InChI=1S/C12H13N3/c13-8-9-2-1-3-10(6-9)11-4-5-15-12(14)7-11/h1-7H,8,13H2,(H2,14,15). The number of rotatable bonds is 2. The third kappa shape index (κ3) is 2.14. The van der Waals surface area contributed by atoms with Crippen LogP contribution in [0.1, 0.15) is 5.56 Å². The van der Waals surface area contributed by atoms with Gasteiger partial charge in [0.2, 0.25) is 0 Å². The van der Waals surface area contributed by atoms with E-state index in [9.17, 15) is 0 Å². The van der Waals surface area contributed by atoms with Crippen molar-refractivity contribution in [2.45, 2.75) is 6.54 Å². The fourth-order valence-electron chi connectivity index (χ4n) is 1.51. The molecule has 0 bridgehead atoms. The summed E-state index contributed by atoms with van der Waals surface area (Å²) in [5.41, 5.74) is 14.5. The Kier molecular flexibility index (Phi) is 2.65. The summed E-state index contributed by atoms with van der Waals surface area (Å²) in [5.74, 6) is 0.533. The van der Waals surface area contributed by atoms with E-state index in [1.807, 2.05) is 30.3 Å². The van der Waals surface area contributed by atoms with E-state index in [-0.39, 0.29) is 0 Å². The van der Waals surface area contributed by atoms with Gasteiger partial charge in [0.05, 0.1) is 0 Å². The molecule has 1 heterocycles. The second-order valence-electron chi connectivity index (χ2n) is 3.37. The normalized spacial score (nSPS) is 10.2. The Hall–Kier alpha value is -1.87. The lowest BCUT2D eigenvalue weighted by atomic mass is 10.0. The van der Waals surface area contributed by atoms with Crippen molar-refractivity contribution in [1.82, 2.24) is 4.98 Å². The summed E-state index contributed by atoms with van der Waals surface area (Å²) in [5, 5.41) is 0. The Bertz CT molecular complexity index is 466. The number of benzene rings is 1. The molecule has 1 aromatic heterocycles. The maximum atomic E-state index is 5.63. The van der Waals surface area contributed by atoms with E-state index >= 15 is 0 Å². The van der Waals surface area contributed by atoms with Crippen LogP contribution in [0, 0.1) is 0 Å². The van der Waals surface area contributed by atoms with Crippen LogP contribution in [0.25, 0.3) is 11.1 Å². The SMILES string of the molecule is NCc1cccc(-c2ccnc(N)c2)c1. The van der Waals surface area contributed by atoms with E-state index < -0.39 is 0 Å². The number of aromatic nitrogens is 1. The molecular formula is C12H13N3. The van der Waals surface area contributed by atoms with Gasteiger partial charge in [0.25, 0.3) is 0 Å². The van der Waals surface area contributed by atoms with Gasteiger partial charge < -0.3 is 11.5 Å². The van der Waals surface area contributed by atoms with Crippen LogP contribution in [0.15, 0.2) is 42.6 Å². The van der Waals surface area contributed by atoms with Crippen LogP contribution >= 0.6 is 0 Å². The van der Waals surface area contributed by atoms with Crippen LogP contribution in [0.3, 0.4) is 0 Å². The lowest BCUT2D eigenvalue weighted by Gasteiger charge is -2.04. The molecule has 3 nitrogen and oxygen atoms in total. The molecule has 0 saturated carbocycles. The highest BCUT2D eigenvalue weighted by molar-refractivity contribution is 5.66. The summed E-state index contributed by atoms with van der Waals surface area (Å²) < 4.78 is 0. The van der Waals surface area contributed by atoms with Crippen molar-refractivity contribution in [2.75, 3.05) is 5.73 Å². The van der Waals surface area contributed by atoms with E-state index in [1.165, 1.54) is 0 Å². The fourth-order valence-corrected chi connectivity index (χ4v) is 1.51. The molecule has 0 amide bonds. The van der Waals surface area contributed by atoms with E-state index in [0.29, 0.717) is 12.4 Å². The Morgan fingerprint density at radius 2 is 1.87 bits per heavy atom. The Morgan fingerprint density at radius 3 is 2.60 bits per heavy atom. The third-order valence-electron chi connectivity index (χ3n) is 2.28. The predicted molar refractivity (Wildman–Crippen MR) is 62.0 cm³/mol. The maximum Gasteiger partial charge on any atom is 0.123 e. The minimum atomic E-state index is 0.533. The summed E-state index contributed by atoms with van der Waals surface area (Å²) in [6.07, 6.45) is 1.71. The zero-order valence-electron chi connectivity index (χ0n) is 8.35. The lowest BCUT2D eigenvalue weighted by Crippen LogP contribution is -1.96. The van der Waals surface area contributed by atoms with Crippen LogP contribution in [0.5, 0.6) is 0 Å². The van der Waals surface area contributed by atoms with Gasteiger partial charge in [0.1, 0.15) is 5.82 Å². The minimum Gasteiger partial charge on any atom is -0.384 e. The maximum absolute atomic E-state index is 5.63. The van der Waals surface area contributed by atoms with E-state index in [1.54, 1.807) is 6.20 Å². The smallest absolute Gasteiger partial charge is 0.123 e. The number of nitrogens with two attached hydrogens (primary N) is 2. The molecule has 0 aliphatic rings. The van der Waals surface area contributed by atoms with E-state index in [0.717, 1.165) is 16.7 Å². The molecule has 0 unspecified atom stereocenters. The van der Waals surface area contributed by atoms with Gasteiger partial charge in [-0.2, -0.15) is 0 Å². The molecule has 0 spiro atoms. The molecule has 0 fully saturated rings. The monoisotopic (exact) mass is 199 g/mol. The van der Waals surface area contributed by atoms with Crippen molar-refractivity contribution in [3.63, 3.8) is 0 Å². The Labute approximate surface area is 88.8 Å². The zero-order valence-corrected chi connectivity index (χ0v) is 8.35. The molecule has 3 heteroatoms. The molecule has 0 aliphatic heterocycles. The number of nitrogen functional groups attached to an aromatic ring is 1. The molecule has 0 saturated heterocycles. The molecule has 76 valence electrons. The van der Waals surface area contributed by atoms with Gasteiger partial charge in [0, 0.05) is 12.7 Å². The van der Waals surface area contributed by atoms with Gasteiger partial charge >= 0.3 is 0 Å². The lowest BCUT2D eigenvalue weighted by molar-refractivity contribution is 1.07. The van der Waals surface area contributed by atoms with Crippen molar-refractivity contribution >= 4 is 5.82 Å². The van der Waals surface area contributed by atoms with Crippen molar-refractivity contribution in [3.05, 3.63) is 48.2 Å². The van der Waals surface area contributed by atoms with Crippen LogP contribution in [0.2, 0.25) is 0 Å². The number of anilines is 1. The first kappa shape index (κ1) is 9.68. The average molecular weight is 199 g/mol. The van der Waals surface area contributed by atoms with Gasteiger partial charge in [0.15, 0.2) is 0 Å². The van der Waals surface area contributed by atoms with Crippen molar-refractivity contribution in [2.24, 2.45) is 5.73 Å². The Balaban J connectivity index is 2.44. The van der Waals surface area contributed by atoms with Gasteiger partial charge in [-0.1, -0.05) is 18.2 Å². The van der Waals surface area contributed by atoms with Crippen molar-refractivity contribution in [1.29, 1.82) is 0 Å². The van der Waals surface area contributed by atoms with Gasteiger partial charge in [-0.25, -0.2) is 4.98 Å². The van der Waals surface area contributed by atoms with E-state index in [2.05, 4.69) is 11.1 Å². The van der Waals surface area contributed by atoms with Crippen molar-refractivity contribution < 1.29 is 0 Å². The van der Waals surface area contributed by atoms with Gasteiger partial charge in [-0.05, 0) is 34.9 Å². The highest BCUT2D eigenvalue weighted by atomic mass is 14.8. The first-order chi connectivity index (χ1) is 7.29. The van der Waals surface area contributed by atoms with Gasteiger partial charge in [-0.15, -0.1) is 0 Å². The molecule has 1 aromatic carbocycles. The van der Waals surface area contributed by atoms with Crippen LogP contribution < -0.4 is 11.5 Å². The molecule has 0 radical (unpaired) electrons. The Morgan fingerprint density at radius 1 is 1.07 bits per heavy atom. The van der Waals surface area contributed by atoms with Crippen LogP contribution in [-0.4, -0.2) is 4.98 Å². The highest BCUT2D eigenvalue weighted by Crippen LogP contribution is 2.20. The summed E-state index contributed by atoms with van der Waals surface area (Å²) >= 11 is 0. The second-order valence-corrected chi connectivity index (χ2v) is 3.37. The predicted octanol–water partition coefficient (Wildman–Crippen LogP) is 1.79. The summed E-state index contributed by atoms with van der Waals surface area (Å²) in [4.78, 5) is 3.96. The molecule has 15 heavy (non-hydrogen) atoms. The van der Waals surface area contributed by atoms with Crippen LogP contribution in [0.4, 0.5) is 5.82 Å². The topological polar surface area (TPSA) is 64.9 Å². The molecule has 2 rings (SSSR count). The summed E-state index contributed by atoms with van der Waals surface area (Å²) in [6, 6.07) is 11.9. The first-order valence-corrected chi connectivity index (χ1v) is 4.80. The quantitative estimate of drug-likeness (QED) is 0.775. The van der Waals surface area contributed by atoms with E-state index in [4.69, 9.17) is 11.5 Å². The minimum absolute atomic E-state index is 0.533. The van der Waals surface area contributed by atoms with Crippen molar-refractivity contribution in [3.8, 4) is 11.1 Å². The number of pyridine rings is 1. The zero-order chi connectivity index (χ0) is 10.7. The molecule has 0 atom stereocenters. The average Bonchev–Trinajstić information content (AvgIpc) is 2.29. The molecular weight excluding hydrogens is 186 g/mol. The highest BCUT2D eigenvalue weighted by Gasteiger charge is 1.99. The third-order valence-corrected chi connectivity index (χ3v) is 2.28. The summed E-state index contributed by atoms with van der Waals surface area (Å²) in [6.45, 7) is 0.550. The number of nitrogens with zero attached hydrogens (tertiary/aromatic N) is 1. The number of hydrogen-bond donors (Lipinski definition) is 2. The fraction of sp³-hybridized carbons (Fsp3) is 0.0833. The van der Waals surface area contributed by atoms with Gasteiger partial charge in [-0.3, -0.25) is 0 Å². The molecule has 0 aliphatic carbocycles. The van der Waals surface area contributed by atoms with Crippen LogP contribution in [-0.2, 0) is 6.54 Å². The molecule has 2 aromatic rings. The molecule has 4 N–H and O–H groups in total. The summed E-state index contributed by atoms with van der Waals surface area (Å²) in [7, 11) is 0. The second kappa shape index (κ2) is 4.11. The largest absolute Gasteiger partial charge is 0.384 e. The first-order valence-electron chi connectivity index (χ1n) is 4.80. The number of hydrogen-bond acceptors (Lipinski definition) is 3.